The SMILES string of the molecule is CN(C)/C=C(\C(=O)C(F)(F)F)c1onc(-c2c(F)cccc2Cl)c1N. The van der Waals surface area contributed by atoms with Crippen molar-refractivity contribution >= 4 is 28.6 Å². The first-order valence-electron chi connectivity index (χ1n) is 6.73. The summed E-state index contributed by atoms with van der Waals surface area (Å²) < 4.78 is 57.3. The first-order chi connectivity index (χ1) is 11.5. The number of benzene rings is 1. The molecule has 0 unspecified atom stereocenters. The molecule has 0 saturated carbocycles. The molecule has 0 aliphatic carbocycles. The minimum Gasteiger partial charge on any atom is -0.394 e. The second-order valence-electron chi connectivity index (χ2n) is 5.20. The highest BCUT2D eigenvalue weighted by Crippen LogP contribution is 2.38. The Morgan fingerprint density at radius 3 is 2.52 bits per heavy atom. The Hall–Kier alpha value is -2.55. The quantitative estimate of drug-likeness (QED) is 0.649. The third-order valence-electron chi connectivity index (χ3n) is 3.06. The number of nitrogen functional groups attached to an aromatic ring is 1. The van der Waals surface area contributed by atoms with Gasteiger partial charge >= 0.3 is 6.18 Å². The van der Waals surface area contributed by atoms with Crippen LogP contribution in [0.4, 0.5) is 23.2 Å². The van der Waals surface area contributed by atoms with Gasteiger partial charge in [0.15, 0.2) is 5.76 Å². The van der Waals surface area contributed by atoms with Crippen LogP contribution in [-0.2, 0) is 4.79 Å². The number of carbonyl (C=O) groups excluding carboxylic acids is 1. The summed E-state index contributed by atoms with van der Waals surface area (Å²) in [5, 5.41) is 3.43. The number of allylic oxidation sites excluding steroid dienone is 1. The molecule has 0 amide bonds. The van der Waals surface area contributed by atoms with Crippen molar-refractivity contribution in [2.75, 3.05) is 19.8 Å². The van der Waals surface area contributed by atoms with Crippen LogP contribution in [0, 0.1) is 5.82 Å². The van der Waals surface area contributed by atoms with E-state index < -0.39 is 34.8 Å². The third-order valence-corrected chi connectivity index (χ3v) is 3.38. The Morgan fingerprint density at radius 1 is 1.36 bits per heavy atom. The molecular formula is C15H12ClF4N3O2. The molecule has 10 heteroatoms. The zero-order valence-corrected chi connectivity index (χ0v) is 13.7. The molecule has 0 radical (unpaired) electrons. The lowest BCUT2D eigenvalue weighted by atomic mass is 10.0. The van der Waals surface area contributed by atoms with E-state index >= 15 is 0 Å². The molecule has 2 aromatic rings. The lowest BCUT2D eigenvalue weighted by Crippen LogP contribution is -2.25. The molecule has 2 N–H and O–H groups in total. The van der Waals surface area contributed by atoms with Crippen LogP contribution in [0.2, 0.25) is 5.02 Å². The van der Waals surface area contributed by atoms with Gasteiger partial charge < -0.3 is 15.2 Å². The molecule has 1 aromatic heterocycles. The maximum Gasteiger partial charge on any atom is 0.455 e. The summed E-state index contributed by atoms with van der Waals surface area (Å²) in [4.78, 5) is 12.9. The number of hydrogen-bond acceptors (Lipinski definition) is 5. The van der Waals surface area contributed by atoms with Crippen LogP contribution in [0.15, 0.2) is 28.9 Å². The number of nitrogens with zero attached hydrogens (tertiary/aromatic N) is 2. The van der Waals surface area contributed by atoms with Crippen molar-refractivity contribution in [3.05, 3.63) is 41.0 Å². The lowest BCUT2D eigenvalue weighted by Gasteiger charge is -2.11. The fourth-order valence-corrected chi connectivity index (χ4v) is 2.28. The second-order valence-corrected chi connectivity index (χ2v) is 5.61. The van der Waals surface area contributed by atoms with Gasteiger partial charge in [-0.1, -0.05) is 22.8 Å². The normalized spacial score (nSPS) is 12.4. The first-order valence-corrected chi connectivity index (χ1v) is 7.11. The number of halogens is 5. The summed E-state index contributed by atoms with van der Waals surface area (Å²) in [6.07, 6.45) is -4.27. The molecule has 0 aliphatic heterocycles. The van der Waals surface area contributed by atoms with Crippen molar-refractivity contribution < 1.29 is 26.9 Å². The van der Waals surface area contributed by atoms with Crippen LogP contribution in [0.3, 0.4) is 0 Å². The van der Waals surface area contributed by atoms with E-state index in [9.17, 15) is 22.4 Å². The molecule has 5 nitrogen and oxygen atoms in total. The highest BCUT2D eigenvalue weighted by Gasteiger charge is 2.43. The number of nitrogens with two attached hydrogens (primary N) is 1. The van der Waals surface area contributed by atoms with Gasteiger partial charge in [-0.15, -0.1) is 0 Å². The number of carbonyl (C=O) groups is 1. The monoisotopic (exact) mass is 377 g/mol. The van der Waals surface area contributed by atoms with E-state index in [0.717, 1.165) is 12.3 Å². The molecule has 0 fully saturated rings. The minimum absolute atomic E-state index is 0.0631. The number of ketones is 1. The maximum absolute atomic E-state index is 14.0. The number of alkyl halides is 3. The number of hydrogen-bond donors (Lipinski definition) is 1. The van der Waals surface area contributed by atoms with Gasteiger partial charge in [0.05, 0.1) is 16.2 Å². The van der Waals surface area contributed by atoms with Gasteiger partial charge in [-0.2, -0.15) is 13.2 Å². The Bertz CT molecular complexity index is 824. The average molecular weight is 378 g/mol. The number of rotatable bonds is 4. The second kappa shape index (κ2) is 6.75. The topological polar surface area (TPSA) is 72.4 Å². The van der Waals surface area contributed by atoms with E-state index in [1.807, 2.05) is 0 Å². The summed E-state index contributed by atoms with van der Waals surface area (Å²) in [6, 6.07) is 3.76. The molecule has 2 rings (SSSR count). The maximum atomic E-state index is 14.0. The predicted molar refractivity (Wildman–Crippen MR) is 84.0 cm³/mol. The van der Waals surface area contributed by atoms with E-state index in [1.54, 1.807) is 0 Å². The predicted octanol–water partition coefficient (Wildman–Crippen LogP) is 3.75. The molecule has 134 valence electrons. The largest absolute Gasteiger partial charge is 0.455 e. The van der Waals surface area contributed by atoms with Gasteiger partial charge in [-0.05, 0) is 12.1 Å². The lowest BCUT2D eigenvalue weighted by molar-refractivity contribution is -0.164. The van der Waals surface area contributed by atoms with Crippen LogP contribution in [0.25, 0.3) is 16.8 Å². The van der Waals surface area contributed by atoms with Crippen molar-refractivity contribution in [3.8, 4) is 11.3 Å². The van der Waals surface area contributed by atoms with Crippen molar-refractivity contribution in [2.24, 2.45) is 0 Å². The molecule has 0 aliphatic rings. The van der Waals surface area contributed by atoms with E-state index in [2.05, 4.69) is 5.16 Å². The molecule has 25 heavy (non-hydrogen) atoms. The van der Waals surface area contributed by atoms with Crippen molar-refractivity contribution in [1.29, 1.82) is 0 Å². The molecule has 0 atom stereocenters. The van der Waals surface area contributed by atoms with Crippen LogP contribution < -0.4 is 5.73 Å². The van der Waals surface area contributed by atoms with Crippen LogP contribution in [-0.4, -0.2) is 36.1 Å². The standard InChI is InChI=1S/C15H12ClF4N3O2/c1-23(2)6-7(14(24)15(18,19)20)13-11(21)12(22-25-13)10-8(16)4-3-5-9(10)17/h3-6H,21H2,1-2H3/b7-6-. The Balaban J connectivity index is 2.64. The van der Waals surface area contributed by atoms with Gasteiger partial charge in [0.25, 0.3) is 5.78 Å². The van der Waals surface area contributed by atoms with Crippen molar-refractivity contribution in [3.63, 3.8) is 0 Å². The molecule has 1 aromatic carbocycles. The summed E-state index contributed by atoms with van der Waals surface area (Å²) >= 11 is 5.90. The first kappa shape index (κ1) is 18.8. The highest BCUT2D eigenvalue weighted by atomic mass is 35.5. The Kier molecular flexibility index (Phi) is 5.07. The number of aromatic nitrogens is 1. The van der Waals surface area contributed by atoms with Crippen LogP contribution in [0.1, 0.15) is 5.76 Å². The molecular weight excluding hydrogens is 366 g/mol. The van der Waals surface area contributed by atoms with E-state index in [1.165, 1.54) is 31.1 Å². The summed E-state index contributed by atoms with van der Waals surface area (Å²) in [5.74, 6) is -3.58. The van der Waals surface area contributed by atoms with Crippen molar-refractivity contribution in [1.82, 2.24) is 10.1 Å². The van der Waals surface area contributed by atoms with Crippen LogP contribution in [0.5, 0.6) is 0 Å². The molecule has 0 saturated heterocycles. The Labute approximate surface area is 144 Å². The van der Waals surface area contributed by atoms with Crippen molar-refractivity contribution in [2.45, 2.75) is 6.18 Å². The molecule has 1 heterocycles. The number of Topliss-reactive ketones (excluding diaryl/α,β-unsaturated/α-hetero) is 1. The fourth-order valence-electron chi connectivity index (χ4n) is 2.03. The van der Waals surface area contributed by atoms with Gasteiger partial charge in [0, 0.05) is 20.3 Å². The average Bonchev–Trinajstić information content (AvgIpc) is 2.84. The van der Waals surface area contributed by atoms with E-state index in [-0.39, 0.29) is 16.3 Å². The third kappa shape index (κ3) is 3.76. The van der Waals surface area contributed by atoms with Gasteiger partial charge in [-0.3, -0.25) is 4.79 Å². The van der Waals surface area contributed by atoms with Gasteiger partial charge in [-0.25, -0.2) is 4.39 Å². The summed E-state index contributed by atoms with van der Waals surface area (Å²) in [5.41, 5.74) is 3.95. The zero-order valence-electron chi connectivity index (χ0n) is 13.0. The zero-order chi connectivity index (χ0) is 18.9. The summed E-state index contributed by atoms with van der Waals surface area (Å²) in [7, 11) is 2.82. The molecule has 0 bridgehead atoms. The van der Waals surface area contributed by atoms with Gasteiger partial charge in [0.2, 0.25) is 0 Å². The fraction of sp³-hybridized carbons (Fsp3) is 0.200. The van der Waals surface area contributed by atoms with E-state index in [0.29, 0.717) is 0 Å². The minimum atomic E-state index is -5.16. The number of anilines is 1. The molecule has 0 spiro atoms. The summed E-state index contributed by atoms with van der Waals surface area (Å²) in [6.45, 7) is 0. The van der Waals surface area contributed by atoms with Gasteiger partial charge in [0.1, 0.15) is 17.2 Å². The van der Waals surface area contributed by atoms with Crippen LogP contribution >= 0.6 is 11.6 Å². The Morgan fingerprint density at radius 2 is 2.00 bits per heavy atom. The highest BCUT2D eigenvalue weighted by molar-refractivity contribution is 6.33. The smallest absolute Gasteiger partial charge is 0.394 e. The van der Waals surface area contributed by atoms with E-state index in [4.69, 9.17) is 21.9 Å².